The molecule has 2 atom stereocenters. The molecule has 1 aliphatic rings. The second-order valence-corrected chi connectivity index (χ2v) is 7.41. The molecule has 0 aromatic heterocycles. The zero-order valence-electron chi connectivity index (χ0n) is 16.5. The number of para-hydroxylation sites is 2. The van der Waals surface area contributed by atoms with Gasteiger partial charge in [-0.25, -0.2) is 0 Å². The lowest BCUT2D eigenvalue weighted by molar-refractivity contribution is -0.900. The first kappa shape index (κ1) is 19.9. The van der Waals surface area contributed by atoms with Gasteiger partial charge in [0.05, 0.1) is 25.9 Å². The van der Waals surface area contributed by atoms with Gasteiger partial charge in [-0.3, -0.25) is 9.59 Å². The molecule has 0 saturated carbocycles. The molecule has 6 nitrogen and oxygen atoms in total. The highest BCUT2D eigenvalue weighted by Crippen LogP contribution is 2.23. The number of carbonyl (C=O) groups excluding carboxylic acids is 2. The summed E-state index contributed by atoms with van der Waals surface area (Å²) in [5, 5.41) is 5.77. The Balaban J connectivity index is 1.55. The Morgan fingerprint density at radius 3 is 2.57 bits per heavy atom. The van der Waals surface area contributed by atoms with Crippen molar-refractivity contribution >= 4 is 23.2 Å². The Labute approximate surface area is 165 Å². The van der Waals surface area contributed by atoms with Gasteiger partial charge in [-0.1, -0.05) is 19.1 Å². The van der Waals surface area contributed by atoms with E-state index >= 15 is 0 Å². The van der Waals surface area contributed by atoms with Crippen LogP contribution in [0.5, 0.6) is 5.75 Å². The number of carbonyl (C=O) groups is 2. The number of nitrogens with one attached hydrogen (secondary N) is 3. The van der Waals surface area contributed by atoms with Crippen LogP contribution in [-0.4, -0.2) is 38.6 Å². The van der Waals surface area contributed by atoms with Crippen LogP contribution >= 0.6 is 0 Å². The molecule has 2 aromatic carbocycles. The Kier molecular flexibility index (Phi) is 6.66. The van der Waals surface area contributed by atoms with E-state index in [1.54, 1.807) is 43.5 Å². The number of rotatable bonds is 6. The minimum atomic E-state index is -0.228. The lowest BCUT2D eigenvalue weighted by Crippen LogP contribution is -3.14. The normalized spacial score (nSPS) is 18.9. The molecule has 148 valence electrons. The van der Waals surface area contributed by atoms with Crippen LogP contribution in [0.25, 0.3) is 0 Å². The van der Waals surface area contributed by atoms with Gasteiger partial charge in [0, 0.05) is 17.2 Å². The molecule has 1 heterocycles. The first-order chi connectivity index (χ1) is 13.5. The lowest BCUT2D eigenvalue weighted by Gasteiger charge is -2.27. The van der Waals surface area contributed by atoms with E-state index in [9.17, 15) is 9.59 Å². The first-order valence-electron chi connectivity index (χ1n) is 9.73. The third kappa shape index (κ3) is 5.33. The van der Waals surface area contributed by atoms with Crippen molar-refractivity contribution in [2.75, 3.05) is 37.4 Å². The molecule has 1 fully saturated rings. The van der Waals surface area contributed by atoms with Crippen LogP contribution in [0, 0.1) is 5.92 Å². The van der Waals surface area contributed by atoms with Crippen LogP contribution in [0.1, 0.15) is 30.1 Å². The molecular weight excluding hydrogens is 354 g/mol. The van der Waals surface area contributed by atoms with Crippen LogP contribution in [-0.2, 0) is 4.79 Å². The van der Waals surface area contributed by atoms with Crippen molar-refractivity contribution in [3.63, 3.8) is 0 Å². The fraction of sp³-hybridized carbons (Fsp3) is 0.364. The van der Waals surface area contributed by atoms with Crippen LogP contribution in [0.15, 0.2) is 48.5 Å². The van der Waals surface area contributed by atoms with E-state index in [-0.39, 0.29) is 11.8 Å². The molecule has 2 aromatic rings. The smallest absolute Gasteiger partial charge is 0.279 e. The van der Waals surface area contributed by atoms with E-state index in [1.807, 2.05) is 12.1 Å². The maximum Gasteiger partial charge on any atom is 0.279 e. The Morgan fingerprint density at radius 1 is 1.11 bits per heavy atom. The number of hydrogen-bond donors (Lipinski definition) is 3. The summed E-state index contributed by atoms with van der Waals surface area (Å²) >= 11 is 0. The van der Waals surface area contributed by atoms with Crippen LogP contribution in [0.4, 0.5) is 11.4 Å². The Morgan fingerprint density at radius 2 is 1.86 bits per heavy atom. The molecule has 1 unspecified atom stereocenters. The average molecular weight is 382 g/mol. The molecule has 28 heavy (non-hydrogen) atoms. The van der Waals surface area contributed by atoms with E-state index in [4.69, 9.17) is 4.74 Å². The van der Waals surface area contributed by atoms with E-state index < -0.39 is 0 Å². The average Bonchev–Trinajstić information content (AvgIpc) is 2.69. The molecule has 0 radical (unpaired) electrons. The number of ether oxygens (including phenoxy) is 1. The summed E-state index contributed by atoms with van der Waals surface area (Å²) in [7, 11) is 1.56. The van der Waals surface area contributed by atoms with E-state index in [1.165, 1.54) is 17.7 Å². The van der Waals surface area contributed by atoms with Gasteiger partial charge in [-0.15, -0.1) is 0 Å². The SMILES string of the molecule is COc1ccccc1NC(=O)c1ccc(NC(=O)C[NH+]2CCC[C@H](C)C2)cc1. The number of benzene rings is 2. The maximum absolute atomic E-state index is 12.5. The highest BCUT2D eigenvalue weighted by molar-refractivity contribution is 6.05. The van der Waals surface area contributed by atoms with Crippen molar-refractivity contribution in [1.29, 1.82) is 0 Å². The molecule has 0 bridgehead atoms. The summed E-state index contributed by atoms with van der Waals surface area (Å²) < 4.78 is 5.25. The first-order valence-corrected chi connectivity index (χ1v) is 9.73. The minimum absolute atomic E-state index is 0.00956. The number of quaternary nitrogens is 1. The molecule has 2 amide bonds. The zero-order valence-corrected chi connectivity index (χ0v) is 16.5. The van der Waals surface area contributed by atoms with Crippen molar-refractivity contribution in [2.45, 2.75) is 19.8 Å². The van der Waals surface area contributed by atoms with E-state index in [2.05, 4.69) is 17.6 Å². The monoisotopic (exact) mass is 382 g/mol. The Bertz CT molecular complexity index is 820. The summed E-state index contributed by atoms with van der Waals surface area (Å²) in [6.45, 7) is 4.83. The van der Waals surface area contributed by atoms with Crippen molar-refractivity contribution in [3.05, 3.63) is 54.1 Å². The third-order valence-electron chi connectivity index (χ3n) is 5.06. The molecule has 0 aliphatic carbocycles. The molecule has 3 rings (SSSR count). The van der Waals surface area contributed by atoms with Gasteiger partial charge in [-0.2, -0.15) is 0 Å². The standard InChI is InChI=1S/C22H27N3O3/c1-16-6-5-13-25(14-16)15-21(26)23-18-11-9-17(10-12-18)22(27)24-19-7-3-4-8-20(19)28-2/h3-4,7-12,16H,5-6,13-15H2,1-2H3,(H,23,26)(H,24,27)/p+1/t16-/m0/s1. The van der Waals surface area contributed by atoms with Gasteiger partial charge in [-0.05, 0) is 49.2 Å². The number of amides is 2. The van der Waals surface area contributed by atoms with Gasteiger partial charge in [0.15, 0.2) is 6.54 Å². The zero-order chi connectivity index (χ0) is 19.9. The molecule has 6 heteroatoms. The minimum Gasteiger partial charge on any atom is -0.495 e. The predicted octanol–water partition coefficient (Wildman–Crippen LogP) is 2.20. The topological polar surface area (TPSA) is 71.9 Å². The fourth-order valence-corrected chi connectivity index (χ4v) is 3.64. The van der Waals surface area contributed by atoms with Gasteiger partial charge in [0.25, 0.3) is 11.8 Å². The van der Waals surface area contributed by atoms with Crippen molar-refractivity contribution in [3.8, 4) is 5.75 Å². The van der Waals surface area contributed by atoms with Gasteiger partial charge < -0.3 is 20.3 Å². The van der Waals surface area contributed by atoms with E-state index in [0.717, 1.165) is 13.1 Å². The molecule has 1 aliphatic heterocycles. The summed E-state index contributed by atoms with van der Waals surface area (Å²) in [6, 6.07) is 14.2. The highest BCUT2D eigenvalue weighted by Gasteiger charge is 2.22. The van der Waals surface area contributed by atoms with Gasteiger partial charge in [0.2, 0.25) is 0 Å². The van der Waals surface area contributed by atoms with Crippen molar-refractivity contribution in [2.24, 2.45) is 5.92 Å². The lowest BCUT2D eigenvalue weighted by atomic mass is 10.0. The molecular formula is C22H28N3O3+. The van der Waals surface area contributed by atoms with Gasteiger partial charge >= 0.3 is 0 Å². The second-order valence-electron chi connectivity index (χ2n) is 7.41. The number of piperidine rings is 1. The summed E-state index contributed by atoms with van der Waals surface area (Å²) in [6.07, 6.45) is 2.43. The number of methoxy groups -OCH3 is 1. The summed E-state index contributed by atoms with van der Waals surface area (Å²) in [5.74, 6) is 1.07. The second kappa shape index (κ2) is 9.37. The summed E-state index contributed by atoms with van der Waals surface area (Å²) in [4.78, 5) is 26.1. The van der Waals surface area contributed by atoms with Gasteiger partial charge in [0.1, 0.15) is 5.75 Å². The molecule has 1 saturated heterocycles. The summed E-state index contributed by atoms with van der Waals surface area (Å²) in [5.41, 5.74) is 1.83. The number of hydrogen-bond acceptors (Lipinski definition) is 3. The van der Waals surface area contributed by atoms with E-state index in [0.29, 0.717) is 35.2 Å². The number of anilines is 2. The predicted molar refractivity (Wildman–Crippen MR) is 110 cm³/mol. The molecule has 0 spiro atoms. The number of likely N-dealkylation sites (tertiary alicyclic amines) is 1. The Hall–Kier alpha value is -2.86. The molecule has 3 N–H and O–H groups in total. The fourth-order valence-electron chi connectivity index (χ4n) is 3.64. The van der Waals surface area contributed by atoms with Crippen LogP contribution < -0.4 is 20.3 Å². The third-order valence-corrected chi connectivity index (χ3v) is 5.06. The largest absolute Gasteiger partial charge is 0.495 e. The van der Waals surface area contributed by atoms with Crippen molar-refractivity contribution < 1.29 is 19.2 Å². The maximum atomic E-state index is 12.5. The quantitative estimate of drug-likeness (QED) is 0.717. The highest BCUT2D eigenvalue weighted by atomic mass is 16.5. The van der Waals surface area contributed by atoms with Crippen LogP contribution in [0.2, 0.25) is 0 Å². The van der Waals surface area contributed by atoms with Crippen LogP contribution in [0.3, 0.4) is 0 Å². The van der Waals surface area contributed by atoms with Crippen molar-refractivity contribution in [1.82, 2.24) is 0 Å².